The number of aromatic nitrogens is 1. The van der Waals surface area contributed by atoms with E-state index in [9.17, 15) is 0 Å². The van der Waals surface area contributed by atoms with E-state index in [0.717, 1.165) is 17.8 Å². The van der Waals surface area contributed by atoms with Crippen LogP contribution in [0.2, 0.25) is 0 Å². The second-order valence-electron chi connectivity index (χ2n) is 21.5. The Morgan fingerprint density at radius 2 is 1.10 bits per heavy atom. The van der Waals surface area contributed by atoms with Crippen LogP contribution in [0.4, 0.5) is 17.1 Å². The zero-order valence-electron chi connectivity index (χ0n) is 40.8. The maximum Gasteiger partial charge on any atom is 0.0560 e. The van der Waals surface area contributed by atoms with E-state index in [1.807, 2.05) is 0 Å². The normalized spacial score (nSPS) is 15.7. The Balaban J connectivity index is 1.11. The van der Waals surface area contributed by atoms with Gasteiger partial charge in [-0.3, -0.25) is 0 Å². The Morgan fingerprint density at radius 1 is 0.485 bits per heavy atom. The van der Waals surface area contributed by atoms with Gasteiger partial charge >= 0.3 is 0 Å². The van der Waals surface area contributed by atoms with Gasteiger partial charge in [-0.25, -0.2) is 0 Å². The lowest BCUT2D eigenvalue weighted by atomic mass is 9.78. The van der Waals surface area contributed by atoms with Gasteiger partial charge in [0.25, 0.3) is 0 Å². The smallest absolute Gasteiger partial charge is 0.0560 e. The zero-order valence-corrected chi connectivity index (χ0v) is 40.8. The van der Waals surface area contributed by atoms with Crippen molar-refractivity contribution in [3.63, 3.8) is 0 Å². The molecule has 2 heteroatoms. The van der Waals surface area contributed by atoms with Crippen LogP contribution in [0, 0.1) is 0 Å². The number of hydrogen-bond acceptors (Lipinski definition) is 1. The summed E-state index contributed by atoms with van der Waals surface area (Å²) in [7, 11) is 0. The molecule has 1 fully saturated rings. The standard InChI is InChI=1S/C66H64N2/c1-65(2,3)50-41-49(42-51(44-50)66(4,5)6)54-27-13-16-32-60(54)67(62-34-18-15-29-57(62)59-31-20-24-47-23-19-30-55(64(47)59)46-21-9-7-10-22-46)53-38-35-45(36-39-53)48-37-40-58-56-28-14-17-33-61(56)68(63(58)43-48)52-25-11-8-12-26-52/h8,11-20,23-25,27-44,46,52H,7,9-10,21-22,26H2,1-6H3. The lowest BCUT2D eigenvalue weighted by Gasteiger charge is -2.31. The molecule has 2 nitrogen and oxygen atoms in total. The summed E-state index contributed by atoms with van der Waals surface area (Å²) in [6.07, 6.45) is 16.5. The van der Waals surface area contributed by atoms with Crippen molar-refractivity contribution < 1.29 is 0 Å². The monoisotopic (exact) mass is 885 g/mol. The van der Waals surface area contributed by atoms with Crippen LogP contribution in [-0.2, 0) is 10.8 Å². The van der Waals surface area contributed by atoms with Crippen molar-refractivity contribution in [3.8, 4) is 33.4 Å². The van der Waals surface area contributed by atoms with Gasteiger partial charge in [-0.2, -0.15) is 0 Å². The second kappa shape index (κ2) is 17.6. The number of para-hydroxylation sites is 3. The van der Waals surface area contributed by atoms with Crippen LogP contribution in [0.3, 0.4) is 0 Å². The van der Waals surface area contributed by atoms with E-state index >= 15 is 0 Å². The van der Waals surface area contributed by atoms with E-state index in [2.05, 4.69) is 245 Å². The first-order chi connectivity index (χ1) is 33.0. The minimum atomic E-state index is -0.0149. The molecule has 1 atom stereocenters. The van der Waals surface area contributed by atoms with Gasteiger partial charge in [0.2, 0.25) is 0 Å². The predicted octanol–water partition coefficient (Wildman–Crippen LogP) is 19.1. The highest BCUT2D eigenvalue weighted by molar-refractivity contribution is 6.09. The van der Waals surface area contributed by atoms with Crippen molar-refractivity contribution >= 4 is 49.6 Å². The van der Waals surface area contributed by atoms with Crippen LogP contribution in [0.15, 0.2) is 194 Å². The van der Waals surface area contributed by atoms with Crippen molar-refractivity contribution in [3.05, 3.63) is 211 Å². The highest BCUT2D eigenvalue weighted by Gasteiger charge is 2.27. The van der Waals surface area contributed by atoms with E-state index in [1.165, 1.54) is 120 Å². The third kappa shape index (κ3) is 8.08. The maximum absolute atomic E-state index is 2.55. The van der Waals surface area contributed by atoms with Gasteiger partial charge in [-0.05, 0) is 122 Å². The van der Waals surface area contributed by atoms with Crippen molar-refractivity contribution in [2.45, 2.75) is 103 Å². The zero-order chi connectivity index (χ0) is 46.6. The Morgan fingerprint density at radius 3 is 1.81 bits per heavy atom. The molecule has 1 heterocycles. The number of hydrogen-bond donors (Lipinski definition) is 0. The highest BCUT2D eigenvalue weighted by atomic mass is 15.1. The molecule has 11 rings (SSSR count). The molecule has 0 amide bonds. The molecular formula is C66H64N2. The van der Waals surface area contributed by atoms with Crippen molar-refractivity contribution in [1.82, 2.24) is 4.57 Å². The van der Waals surface area contributed by atoms with E-state index in [0.29, 0.717) is 5.92 Å². The summed E-state index contributed by atoms with van der Waals surface area (Å²) in [5.74, 6) is 0.577. The Hall–Kier alpha value is -6.90. The topological polar surface area (TPSA) is 8.17 Å². The molecule has 1 unspecified atom stereocenters. The summed E-state index contributed by atoms with van der Waals surface area (Å²) in [5, 5.41) is 5.32. The average molecular weight is 885 g/mol. The fourth-order valence-electron chi connectivity index (χ4n) is 11.3. The third-order valence-corrected chi connectivity index (χ3v) is 15.0. The molecule has 2 aliphatic rings. The average Bonchev–Trinajstić information content (AvgIpc) is 3.70. The number of benzene rings is 8. The molecule has 0 N–H and O–H groups in total. The summed E-state index contributed by atoms with van der Waals surface area (Å²) in [5.41, 5.74) is 17.6. The van der Waals surface area contributed by atoms with Gasteiger partial charge in [0.05, 0.1) is 22.9 Å². The van der Waals surface area contributed by atoms with E-state index in [1.54, 1.807) is 0 Å². The lowest BCUT2D eigenvalue weighted by molar-refractivity contribution is 0.445. The van der Waals surface area contributed by atoms with Gasteiger partial charge in [0.1, 0.15) is 0 Å². The molecule has 9 aromatic rings. The van der Waals surface area contributed by atoms with E-state index < -0.39 is 0 Å². The number of fused-ring (bicyclic) bond motifs is 4. The largest absolute Gasteiger partial charge is 0.333 e. The second-order valence-corrected chi connectivity index (χ2v) is 21.5. The fraction of sp³-hybridized carbons (Fsp3) is 0.242. The molecule has 0 saturated heterocycles. The molecule has 68 heavy (non-hydrogen) atoms. The number of nitrogens with zero attached hydrogens (tertiary/aromatic N) is 2. The molecule has 338 valence electrons. The number of rotatable bonds is 8. The maximum atomic E-state index is 2.55. The Labute approximate surface area is 404 Å². The van der Waals surface area contributed by atoms with Crippen molar-refractivity contribution in [1.29, 1.82) is 0 Å². The molecule has 0 aliphatic heterocycles. The highest BCUT2D eigenvalue weighted by Crippen LogP contribution is 2.49. The minimum absolute atomic E-state index is 0.0149. The minimum Gasteiger partial charge on any atom is -0.333 e. The molecule has 1 saturated carbocycles. The van der Waals surface area contributed by atoms with Gasteiger partial charge in [0, 0.05) is 33.1 Å². The molecule has 8 aromatic carbocycles. The first-order valence-electron chi connectivity index (χ1n) is 25.1. The van der Waals surface area contributed by atoms with Crippen LogP contribution in [0.5, 0.6) is 0 Å². The van der Waals surface area contributed by atoms with Gasteiger partial charge < -0.3 is 9.47 Å². The van der Waals surface area contributed by atoms with Gasteiger partial charge in [0.15, 0.2) is 0 Å². The molecule has 0 bridgehead atoms. The van der Waals surface area contributed by atoms with Crippen LogP contribution >= 0.6 is 0 Å². The summed E-state index contributed by atoms with van der Waals surface area (Å²) < 4.78 is 2.55. The number of anilines is 3. The van der Waals surface area contributed by atoms with E-state index in [4.69, 9.17) is 0 Å². The Kier molecular flexibility index (Phi) is 11.3. The van der Waals surface area contributed by atoms with Crippen molar-refractivity contribution in [2.24, 2.45) is 0 Å². The summed E-state index contributed by atoms with van der Waals surface area (Å²) in [6, 6.07) is 65.1. The van der Waals surface area contributed by atoms with Crippen LogP contribution in [-0.4, -0.2) is 4.57 Å². The first-order valence-corrected chi connectivity index (χ1v) is 25.1. The fourth-order valence-corrected chi connectivity index (χ4v) is 11.3. The quantitative estimate of drug-likeness (QED) is 0.148. The van der Waals surface area contributed by atoms with Crippen LogP contribution < -0.4 is 4.90 Å². The first kappa shape index (κ1) is 43.7. The van der Waals surface area contributed by atoms with E-state index in [-0.39, 0.29) is 16.9 Å². The molecule has 2 aliphatic carbocycles. The van der Waals surface area contributed by atoms with Gasteiger partial charge in [-0.1, -0.05) is 219 Å². The number of allylic oxidation sites excluding steroid dienone is 4. The summed E-state index contributed by atoms with van der Waals surface area (Å²) >= 11 is 0. The SMILES string of the molecule is CC(C)(C)c1cc(-c2ccccc2N(c2ccc(-c3ccc4c5ccccc5n(C5C=CC=CC5)c4c3)cc2)c2ccccc2-c2cccc3cccc(C4CCCCC4)c23)cc(C(C)(C)C)c1. The molecule has 1 aromatic heterocycles. The van der Waals surface area contributed by atoms with Crippen LogP contribution in [0.1, 0.15) is 109 Å². The van der Waals surface area contributed by atoms with Crippen molar-refractivity contribution in [2.75, 3.05) is 4.90 Å². The summed E-state index contributed by atoms with van der Waals surface area (Å²) in [4.78, 5) is 2.54. The third-order valence-electron chi connectivity index (χ3n) is 15.0. The Bertz CT molecular complexity index is 3340. The molecule has 0 radical (unpaired) electrons. The van der Waals surface area contributed by atoms with Gasteiger partial charge in [-0.15, -0.1) is 0 Å². The molecule has 0 spiro atoms. The lowest BCUT2D eigenvalue weighted by Crippen LogP contribution is -2.17. The van der Waals surface area contributed by atoms with Crippen LogP contribution in [0.25, 0.3) is 66.0 Å². The molecular weight excluding hydrogens is 821 g/mol. The predicted molar refractivity (Wildman–Crippen MR) is 293 cm³/mol. The summed E-state index contributed by atoms with van der Waals surface area (Å²) in [6.45, 7) is 14.0.